The Bertz CT molecular complexity index is 1170. The molecular weight excluding hydrogens is 400 g/mol. The van der Waals surface area contributed by atoms with Gasteiger partial charge in [0.25, 0.3) is 11.7 Å². The molecule has 1 saturated heterocycles. The van der Waals surface area contributed by atoms with Gasteiger partial charge in [0, 0.05) is 22.5 Å². The lowest BCUT2D eigenvalue weighted by atomic mass is 9.96. The number of aromatic nitrogens is 1. The van der Waals surface area contributed by atoms with Gasteiger partial charge in [-0.1, -0.05) is 29.8 Å². The Labute approximate surface area is 179 Å². The van der Waals surface area contributed by atoms with Crippen LogP contribution in [0.5, 0.6) is 0 Å². The molecule has 2 aromatic carbocycles. The van der Waals surface area contributed by atoms with E-state index in [1.165, 1.54) is 4.90 Å². The standard InChI is InChI=1S/C24H19ClN2O3/c1-14-6-7-16(13-15(14)2)22(28)20-21(19-5-3-4-12-26-19)27(24(30)23(20)29)18-10-8-17(25)9-11-18/h3-13,21,28H,1-2H3/b22-20-. The third-order valence-electron chi connectivity index (χ3n) is 5.30. The summed E-state index contributed by atoms with van der Waals surface area (Å²) >= 11 is 5.99. The molecule has 1 aromatic heterocycles. The third-order valence-corrected chi connectivity index (χ3v) is 5.55. The second kappa shape index (κ2) is 7.76. The third kappa shape index (κ3) is 3.37. The predicted octanol–water partition coefficient (Wildman–Crippen LogP) is 4.98. The zero-order valence-electron chi connectivity index (χ0n) is 16.5. The molecule has 1 unspecified atom stereocenters. The van der Waals surface area contributed by atoms with Gasteiger partial charge in [-0.25, -0.2) is 0 Å². The van der Waals surface area contributed by atoms with E-state index in [2.05, 4.69) is 4.98 Å². The number of nitrogens with zero attached hydrogens (tertiary/aromatic N) is 2. The smallest absolute Gasteiger partial charge is 0.300 e. The molecular formula is C24H19ClN2O3. The maximum atomic E-state index is 13.0. The highest BCUT2D eigenvalue weighted by atomic mass is 35.5. The van der Waals surface area contributed by atoms with Crippen molar-refractivity contribution in [1.29, 1.82) is 0 Å². The molecule has 5 nitrogen and oxygen atoms in total. The number of rotatable bonds is 3. The minimum atomic E-state index is -0.853. The quantitative estimate of drug-likeness (QED) is 0.370. The Morgan fingerprint density at radius 3 is 2.37 bits per heavy atom. The topological polar surface area (TPSA) is 70.5 Å². The lowest BCUT2D eigenvalue weighted by Crippen LogP contribution is -2.29. The monoisotopic (exact) mass is 418 g/mol. The number of carbonyl (C=O) groups excluding carboxylic acids is 2. The van der Waals surface area contributed by atoms with Crippen LogP contribution in [0.25, 0.3) is 5.76 Å². The number of aliphatic hydroxyl groups is 1. The van der Waals surface area contributed by atoms with Crippen molar-refractivity contribution in [2.45, 2.75) is 19.9 Å². The van der Waals surface area contributed by atoms with Crippen molar-refractivity contribution in [2.75, 3.05) is 4.90 Å². The summed E-state index contributed by atoms with van der Waals surface area (Å²) in [4.78, 5) is 31.8. The number of carbonyl (C=O) groups is 2. The molecule has 1 fully saturated rings. The average molecular weight is 419 g/mol. The number of Topliss-reactive ketones (excluding diaryl/α,β-unsaturated/α-hetero) is 1. The molecule has 0 saturated carbocycles. The Morgan fingerprint density at radius 1 is 1.00 bits per heavy atom. The average Bonchev–Trinajstić information content (AvgIpc) is 3.02. The lowest BCUT2D eigenvalue weighted by Gasteiger charge is -2.24. The van der Waals surface area contributed by atoms with Gasteiger partial charge in [-0.3, -0.25) is 19.5 Å². The Kier molecular flexibility index (Phi) is 5.14. The van der Waals surface area contributed by atoms with E-state index in [-0.39, 0.29) is 11.3 Å². The van der Waals surface area contributed by atoms with E-state index in [1.807, 2.05) is 19.9 Å². The van der Waals surface area contributed by atoms with Gasteiger partial charge in [0.15, 0.2) is 0 Å². The van der Waals surface area contributed by atoms with E-state index in [9.17, 15) is 14.7 Å². The van der Waals surface area contributed by atoms with Gasteiger partial charge in [-0.05, 0) is 67.4 Å². The molecule has 1 amide bonds. The molecule has 30 heavy (non-hydrogen) atoms. The second-order valence-electron chi connectivity index (χ2n) is 7.20. The Morgan fingerprint density at radius 2 is 1.73 bits per heavy atom. The minimum absolute atomic E-state index is 0.0110. The highest BCUT2D eigenvalue weighted by Gasteiger charge is 2.47. The van der Waals surface area contributed by atoms with Gasteiger partial charge in [0.05, 0.1) is 11.3 Å². The lowest BCUT2D eigenvalue weighted by molar-refractivity contribution is -0.132. The number of pyridine rings is 1. The van der Waals surface area contributed by atoms with Gasteiger partial charge in [-0.2, -0.15) is 0 Å². The van der Waals surface area contributed by atoms with Crippen LogP contribution in [0.15, 0.2) is 72.4 Å². The summed E-state index contributed by atoms with van der Waals surface area (Å²) in [5.74, 6) is -1.70. The molecule has 1 atom stereocenters. The first-order valence-corrected chi connectivity index (χ1v) is 9.81. The van der Waals surface area contributed by atoms with Crippen molar-refractivity contribution < 1.29 is 14.7 Å². The first-order chi connectivity index (χ1) is 14.4. The van der Waals surface area contributed by atoms with Crippen LogP contribution >= 0.6 is 11.6 Å². The van der Waals surface area contributed by atoms with Crippen LogP contribution in [-0.2, 0) is 9.59 Å². The van der Waals surface area contributed by atoms with Crippen molar-refractivity contribution in [3.63, 3.8) is 0 Å². The maximum absolute atomic E-state index is 13.0. The molecule has 1 N–H and O–H groups in total. The summed E-state index contributed by atoms with van der Waals surface area (Å²) in [6, 6.07) is 16.4. The van der Waals surface area contributed by atoms with Crippen molar-refractivity contribution in [3.8, 4) is 0 Å². The van der Waals surface area contributed by atoms with Crippen LogP contribution in [0.3, 0.4) is 0 Å². The molecule has 150 valence electrons. The number of aliphatic hydroxyl groups excluding tert-OH is 1. The highest BCUT2D eigenvalue weighted by Crippen LogP contribution is 2.41. The van der Waals surface area contributed by atoms with Crippen LogP contribution in [0.1, 0.15) is 28.4 Å². The van der Waals surface area contributed by atoms with Crippen LogP contribution < -0.4 is 4.90 Å². The summed E-state index contributed by atoms with van der Waals surface area (Å²) < 4.78 is 0. The molecule has 3 aromatic rings. The number of halogens is 1. The van der Waals surface area contributed by atoms with Crippen molar-refractivity contribution in [2.24, 2.45) is 0 Å². The molecule has 4 rings (SSSR count). The molecule has 6 heteroatoms. The largest absolute Gasteiger partial charge is 0.507 e. The number of aryl methyl sites for hydroxylation is 2. The van der Waals surface area contributed by atoms with E-state index >= 15 is 0 Å². The van der Waals surface area contributed by atoms with E-state index < -0.39 is 17.7 Å². The fraction of sp³-hybridized carbons (Fsp3) is 0.125. The van der Waals surface area contributed by atoms with Gasteiger partial charge < -0.3 is 5.11 Å². The van der Waals surface area contributed by atoms with Gasteiger partial charge in [-0.15, -0.1) is 0 Å². The minimum Gasteiger partial charge on any atom is -0.507 e. The van der Waals surface area contributed by atoms with E-state index in [0.717, 1.165) is 11.1 Å². The summed E-state index contributed by atoms with van der Waals surface area (Å²) in [5, 5.41) is 11.6. The fourth-order valence-corrected chi connectivity index (χ4v) is 3.69. The summed E-state index contributed by atoms with van der Waals surface area (Å²) in [6.07, 6.45) is 1.59. The first-order valence-electron chi connectivity index (χ1n) is 9.43. The first kappa shape index (κ1) is 19.9. The van der Waals surface area contributed by atoms with Crippen molar-refractivity contribution in [1.82, 2.24) is 4.98 Å². The van der Waals surface area contributed by atoms with Crippen molar-refractivity contribution in [3.05, 3.63) is 99.8 Å². The van der Waals surface area contributed by atoms with Crippen LogP contribution in [0.2, 0.25) is 5.02 Å². The second-order valence-corrected chi connectivity index (χ2v) is 7.64. The Balaban J connectivity index is 1.94. The van der Waals surface area contributed by atoms with Gasteiger partial charge in [0.2, 0.25) is 0 Å². The summed E-state index contributed by atoms with van der Waals surface area (Å²) in [5.41, 5.74) is 3.51. The molecule has 1 aliphatic rings. The van der Waals surface area contributed by atoms with E-state index in [0.29, 0.717) is 22.0 Å². The number of amides is 1. The summed E-state index contributed by atoms with van der Waals surface area (Å²) in [6.45, 7) is 3.89. The molecule has 0 aliphatic carbocycles. The number of hydrogen-bond donors (Lipinski definition) is 1. The molecule has 0 spiro atoms. The highest BCUT2D eigenvalue weighted by molar-refractivity contribution is 6.51. The zero-order chi connectivity index (χ0) is 21.4. The Hall–Kier alpha value is -3.44. The maximum Gasteiger partial charge on any atom is 0.300 e. The number of benzene rings is 2. The SMILES string of the molecule is Cc1ccc(/C(O)=C2/C(=O)C(=O)N(c3ccc(Cl)cc3)C2c2ccccn2)cc1C. The molecule has 2 heterocycles. The van der Waals surface area contributed by atoms with Crippen LogP contribution in [-0.4, -0.2) is 21.8 Å². The molecule has 0 radical (unpaired) electrons. The summed E-state index contributed by atoms with van der Waals surface area (Å²) in [7, 11) is 0. The van der Waals surface area contributed by atoms with E-state index in [1.54, 1.807) is 60.8 Å². The number of hydrogen-bond acceptors (Lipinski definition) is 4. The normalized spacial score (nSPS) is 18.1. The van der Waals surface area contributed by atoms with Gasteiger partial charge >= 0.3 is 0 Å². The van der Waals surface area contributed by atoms with Gasteiger partial charge in [0.1, 0.15) is 11.8 Å². The molecule has 0 bridgehead atoms. The van der Waals surface area contributed by atoms with Crippen molar-refractivity contribution >= 4 is 34.7 Å². The zero-order valence-corrected chi connectivity index (χ0v) is 17.2. The van der Waals surface area contributed by atoms with E-state index in [4.69, 9.17) is 11.6 Å². The number of ketones is 1. The van der Waals surface area contributed by atoms with Crippen LogP contribution in [0.4, 0.5) is 5.69 Å². The number of anilines is 1. The fourth-order valence-electron chi connectivity index (χ4n) is 3.56. The predicted molar refractivity (Wildman–Crippen MR) is 116 cm³/mol. The van der Waals surface area contributed by atoms with Crippen LogP contribution in [0, 0.1) is 13.8 Å². The molecule has 1 aliphatic heterocycles.